The van der Waals surface area contributed by atoms with Crippen LogP contribution in [-0.4, -0.2) is 22.3 Å². The molecule has 2 nitrogen and oxygen atoms in total. The molecule has 0 bridgehead atoms. The van der Waals surface area contributed by atoms with Crippen molar-refractivity contribution in [2.75, 3.05) is 18.1 Å². The predicted octanol–water partition coefficient (Wildman–Crippen LogP) is 3.83. The average Bonchev–Trinajstić information content (AvgIpc) is 2.43. The molecule has 1 aromatic carbocycles. The summed E-state index contributed by atoms with van der Waals surface area (Å²) >= 11 is 0. The van der Waals surface area contributed by atoms with E-state index in [1.54, 1.807) is 0 Å². The summed E-state index contributed by atoms with van der Waals surface area (Å²) in [5.41, 5.74) is 2.52. The summed E-state index contributed by atoms with van der Waals surface area (Å²) < 4.78 is 12.3. The molecule has 3 atom stereocenters. The first kappa shape index (κ1) is 17.4. The van der Waals surface area contributed by atoms with Gasteiger partial charge in [0.1, 0.15) is 0 Å². The number of hydrogen-bond acceptors (Lipinski definition) is 2. The smallest absolute Gasteiger partial charge is 0.0436 e. The Balaban J connectivity index is 2.71. The van der Waals surface area contributed by atoms with Gasteiger partial charge in [-0.05, 0) is 31.4 Å². The summed E-state index contributed by atoms with van der Waals surface area (Å²) in [6.45, 7) is 9.58. The second-order valence-corrected chi connectivity index (χ2v) is 7.25. The van der Waals surface area contributed by atoms with E-state index < -0.39 is 10.8 Å². The lowest BCUT2D eigenvalue weighted by Gasteiger charge is -2.20. The van der Waals surface area contributed by atoms with Crippen LogP contribution in [0.2, 0.25) is 0 Å². The number of nitrogens with one attached hydrogen (secondary N) is 1. The monoisotopic (exact) mass is 295 g/mol. The van der Waals surface area contributed by atoms with E-state index >= 15 is 0 Å². The highest BCUT2D eigenvalue weighted by Crippen LogP contribution is 2.17. The van der Waals surface area contributed by atoms with E-state index in [-0.39, 0.29) is 6.04 Å². The van der Waals surface area contributed by atoms with Gasteiger partial charge in [-0.3, -0.25) is 4.21 Å². The Morgan fingerprint density at radius 3 is 2.60 bits per heavy atom. The molecule has 114 valence electrons. The molecule has 1 N–H and O–H groups in total. The second kappa shape index (κ2) is 9.30. The highest BCUT2D eigenvalue weighted by Gasteiger charge is 2.16. The van der Waals surface area contributed by atoms with E-state index in [9.17, 15) is 4.21 Å². The van der Waals surface area contributed by atoms with Crippen molar-refractivity contribution in [1.82, 2.24) is 5.32 Å². The lowest BCUT2D eigenvalue weighted by molar-refractivity contribution is 0.563. The summed E-state index contributed by atoms with van der Waals surface area (Å²) in [5.74, 6) is 2.07. The summed E-state index contributed by atoms with van der Waals surface area (Å²) in [6, 6.07) is 8.74. The normalized spacial score (nSPS) is 15.8. The molecule has 3 heteroatoms. The van der Waals surface area contributed by atoms with Crippen LogP contribution in [0.3, 0.4) is 0 Å². The molecular formula is C17H29NOS. The van der Waals surface area contributed by atoms with Crippen molar-refractivity contribution in [1.29, 1.82) is 0 Å². The molecule has 0 aliphatic heterocycles. The zero-order valence-corrected chi connectivity index (χ0v) is 14.1. The van der Waals surface area contributed by atoms with Crippen LogP contribution in [0.1, 0.15) is 50.8 Å². The molecule has 0 spiro atoms. The van der Waals surface area contributed by atoms with Gasteiger partial charge in [-0.2, -0.15) is 0 Å². The Labute approximate surface area is 126 Å². The molecule has 20 heavy (non-hydrogen) atoms. The first-order valence-corrected chi connectivity index (χ1v) is 9.20. The van der Waals surface area contributed by atoms with Crippen LogP contribution >= 0.6 is 0 Å². The maximum Gasteiger partial charge on any atom is 0.0436 e. The van der Waals surface area contributed by atoms with E-state index in [1.165, 1.54) is 11.1 Å². The van der Waals surface area contributed by atoms with Gasteiger partial charge in [-0.15, -0.1) is 0 Å². The Kier molecular flexibility index (Phi) is 8.08. The van der Waals surface area contributed by atoms with E-state index in [1.807, 2.05) is 0 Å². The lowest BCUT2D eigenvalue weighted by Crippen LogP contribution is -2.28. The summed E-state index contributed by atoms with van der Waals surface area (Å²) in [7, 11) is -0.753. The first-order chi connectivity index (χ1) is 9.56. The molecule has 0 saturated carbocycles. The quantitative estimate of drug-likeness (QED) is 0.750. The van der Waals surface area contributed by atoms with Crippen molar-refractivity contribution >= 4 is 10.8 Å². The topological polar surface area (TPSA) is 29.1 Å². The minimum atomic E-state index is -0.753. The van der Waals surface area contributed by atoms with Crippen LogP contribution in [0.5, 0.6) is 0 Å². The van der Waals surface area contributed by atoms with Gasteiger partial charge in [0.15, 0.2) is 0 Å². The Morgan fingerprint density at radius 1 is 1.25 bits per heavy atom. The van der Waals surface area contributed by atoms with Crippen LogP contribution in [0.4, 0.5) is 0 Å². The molecular weight excluding hydrogens is 266 g/mol. The minimum absolute atomic E-state index is 0.208. The predicted molar refractivity (Wildman–Crippen MR) is 89.5 cm³/mol. The number of benzene rings is 1. The van der Waals surface area contributed by atoms with E-state index in [0.717, 1.165) is 25.1 Å². The van der Waals surface area contributed by atoms with E-state index in [4.69, 9.17) is 0 Å². The maximum atomic E-state index is 12.3. The SMILES string of the molecule is CCCNC(CS(=O)CC(C)CC)c1cccc(C)c1. The summed E-state index contributed by atoms with van der Waals surface area (Å²) in [4.78, 5) is 0. The molecule has 0 fully saturated rings. The Morgan fingerprint density at radius 2 is 2.00 bits per heavy atom. The van der Waals surface area contributed by atoms with Crippen LogP contribution in [0, 0.1) is 12.8 Å². The maximum absolute atomic E-state index is 12.3. The first-order valence-electron chi connectivity index (χ1n) is 7.71. The van der Waals surface area contributed by atoms with Crippen molar-refractivity contribution in [3.05, 3.63) is 35.4 Å². The molecule has 0 aliphatic rings. The Hall–Kier alpha value is -0.670. The third kappa shape index (κ3) is 6.19. The van der Waals surface area contributed by atoms with Gasteiger partial charge in [-0.1, -0.05) is 57.0 Å². The summed E-state index contributed by atoms with van der Waals surface area (Å²) in [5, 5.41) is 3.54. The standard InChI is InChI=1S/C17H29NOS/c1-5-10-18-17(13-20(19)12-14(3)6-2)16-9-7-8-15(4)11-16/h7-9,11,14,17-18H,5-6,10,12-13H2,1-4H3. The van der Waals surface area contributed by atoms with Crippen LogP contribution in [0.15, 0.2) is 24.3 Å². The van der Waals surface area contributed by atoms with Gasteiger partial charge in [-0.25, -0.2) is 0 Å². The Bertz CT molecular complexity index is 419. The zero-order valence-electron chi connectivity index (χ0n) is 13.3. The third-order valence-electron chi connectivity index (χ3n) is 3.61. The third-order valence-corrected chi connectivity index (χ3v) is 5.25. The van der Waals surface area contributed by atoms with Gasteiger partial charge in [0.2, 0.25) is 0 Å². The van der Waals surface area contributed by atoms with Crippen molar-refractivity contribution < 1.29 is 4.21 Å². The molecule has 0 amide bonds. The minimum Gasteiger partial charge on any atom is -0.309 e. The fraction of sp³-hybridized carbons (Fsp3) is 0.647. The highest BCUT2D eigenvalue weighted by atomic mass is 32.2. The number of hydrogen-bond donors (Lipinski definition) is 1. The fourth-order valence-corrected chi connectivity index (χ4v) is 3.86. The number of aryl methyl sites for hydroxylation is 1. The van der Waals surface area contributed by atoms with Crippen LogP contribution in [0.25, 0.3) is 0 Å². The van der Waals surface area contributed by atoms with Gasteiger partial charge >= 0.3 is 0 Å². The largest absolute Gasteiger partial charge is 0.309 e. The van der Waals surface area contributed by atoms with Gasteiger partial charge in [0, 0.05) is 28.3 Å². The number of rotatable bonds is 9. The summed E-state index contributed by atoms with van der Waals surface area (Å²) in [6.07, 6.45) is 2.20. The molecule has 0 saturated heterocycles. The van der Waals surface area contributed by atoms with Crippen molar-refractivity contribution in [2.24, 2.45) is 5.92 Å². The van der Waals surface area contributed by atoms with E-state index in [2.05, 4.69) is 57.3 Å². The lowest BCUT2D eigenvalue weighted by atomic mass is 10.1. The van der Waals surface area contributed by atoms with E-state index in [0.29, 0.717) is 11.7 Å². The van der Waals surface area contributed by atoms with Gasteiger partial charge in [0.25, 0.3) is 0 Å². The molecule has 0 aromatic heterocycles. The molecule has 0 aliphatic carbocycles. The van der Waals surface area contributed by atoms with Gasteiger partial charge in [0.05, 0.1) is 0 Å². The van der Waals surface area contributed by atoms with Crippen LogP contribution < -0.4 is 5.32 Å². The molecule has 0 radical (unpaired) electrons. The van der Waals surface area contributed by atoms with Crippen LogP contribution in [-0.2, 0) is 10.8 Å². The average molecular weight is 295 g/mol. The van der Waals surface area contributed by atoms with Crippen molar-refractivity contribution in [2.45, 2.75) is 46.6 Å². The fourth-order valence-electron chi connectivity index (χ4n) is 2.17. The molecule has 3 unspecified atom stereocenters. The molecule has 0 heterocycles. The highest BCUT2D eigenvalue weighted by molar-refractivity contribution is 7.85. The van der Waals surface area contributed by atoms with Crippen molar-refractivity contribution in [3.63, 3.8) is 0 Å². The van der Waals surface area contributed by atoms with Crippen molar-refractivity contribution in [3.8, 4) is 0 Å². The molecule has 1 rings (SSSR count). The van der Waals surface area contributed by atoms with Gasteiger partial charge < -0.3 is 5.32 Å². The zero-order chi connectivity index (χ0) is 15.0. The second-order valence-electron chi connectivity index (χ2n) is 5.71. The molecule has 1 aromatic rings.